The number of carbonyl (C=O) groups is 1. The Morgan fingerprint density at radius 3 is 2.56 bits per heavy atom. The van der Waals surface area contributed by atoms with Crippen LogP contribution in [0.15, 0.2) is 54.6 Å². The van der Waals surface area contributed by atoms with Gasteiger partial charge in [0.25, 0.3) is 0 Å². The van der Waals surface area contributed by atoms with Crippen LogP contribution < -0.4 is 9.62 Å². The van der Waals surface area contributed by atoms with Gasteiger partial charge in [-0.1, -0.05) is 48.5 Å². The van der Waals surface area contributed by atoms with Crippen molar-refractivity contribution in [2.45, 2.75) is 25.8 Å². The van der Waals surface area contributed by atoms with Crippen molar-refractivity contribution in [1.82, 2.24) is 4.72 Å². The minimum absolute atomic E-state index is 0.0313. The van der Waals surface area contributed by atoms with Gasteiger partial charge in [0.1, 0.15) is 0 Å². The molecule has 25 heavy (non-hydrogen) atoms. The summed E-state index contributed by atoms with van der Waals surface area (Å²) in [6.07, 6.45) is 1.22. The quantitative estimate of drug-likeness (QED) is 0.860. The summed E-state index contributed by atoms with van der Waals surface area (Å²) < 4.78 is 26.8. The maximum atomic E-state index is 12.5. The molecule has 0 aromatic heterocycles. The number of amides is 1. The molecule has 1 heterocycles. The second-order valence-electron chi connectivity index (χ2n) is 6.32. The van der Waals surface area contributed by atoms with Crippen LogP contribution in [-0.4, -0.2) is 32.7 Å². The van der Waals surface area contributed by atoms with Crippen molar-refractivity contribution < 1.29 is 13.2 Å². The first-order valence-corrected chi connectivity index (χ1v) is 10.0. The van der Waals surface area contributed by atoms with Gasteiger partial charge in [-0.3, -0.25) is 4.79 Å². The van der Waals surface area contributed by atoms with E-state index in [-0.39, 0.29) is 24.2 Å². The first-order valence-electron chi connectivity index (χ1n) is 8.37. The summed E-state index contributed by atoms with van der Waals surface area (Å²) in [5.41, 5.74) is 2.96. The third kappa shape index (κ3) is 4.27. The zero-order valence-electron chi connectivity index (χ0n) is 14.2. The largest absolute Gasteiger partial charge is 0.308 e. The zero-order chi connectivity index (χ0) is 17.9. The lowest BCUT2D eigenvalue weighted by Gasteiger charge is -2.22. The van der Waals surface area contributed by atoms with Crippen molar-refractivity contribution in [2.75, 3.05) is 17.2 Å². The SMILES string of the molecule is CC1Cc2ccccc2N1C(=O)CNS(=O)(=O)CCc1ccccc1. The second-order valence-corrected chi connectivity index (χ2v) is 8.25. The number of sulfonamides is 1. The van der Waals surface area contributed by atoms with E-state index in [2.05, 4.69) is 4.72 Å². The molecule has 132 valence electrons. The van der Waals surface area contributed by atoms with E-state index in [1.165, 1.54) is 0 Å². The average molecular weight is 358 g/mol. The van der Waals surface area contributed by atoms with E-state index in [0.29, 0.717) is 6.42 Å². The zero-order valence-corrected chi connectivity index (χ0v) is 15.0. The normalized spacial score (nSPS) is 16.7. The lowest BCUT2D eigenvalue weighted by Crippen LogP contribution is -2.43. The number of aryl methyl sites for hydroxylation is 1. The molecule has 0 aliphatic carbocycles. The summed E-state index contributed by atoms with van der Waals surface area (Å²) in [5, 5.41) is 0. The van der Waals surface area contributed by atoms with Gasteiger partial charge in [0, 0.05) is 11.7 Å². The molecule has 3 rings (SSSR count). The molecule has 0 radical (unpaired) electrons. The van der Waals surface area contributed by atoms with Crippen molar-refractivity contribution in [2.24, 2.45) is 0 Å². The number of nitrogens with one attached hydrogen (secondary N) is 1. The van der Waals surface area contributed by atoms with E-state index in [1.807, 2.05) is 61.5 Å². The van der Waals surface area contributed by atoms with Gasteiger partial charge < -0.3 is 4.90 Å². The number of carbonyl (C=O) groups excluding carboxylic acids is 1. The van der Waals surface area contributed by atoms with E-state index in [0.717, 1.165) is 23.2 Å². The summed E-state index contributed by atoms with van der Waals surface area (Å²) in [6.45, 7) is 1.76. The molecule has 1 N–H and O–H groups in total. The first-order chi connectivity index (χ1) is 12.0. The predicted octanol–water partition coefficient (Wildman–Crippen LogP) is 2.13. The summed E-state index contributed by atoms with van der Waals surface area (Å²) in [6, 6.07) is 17.2. The minimum Gasteiger partial charge on any atom is -0.308 e. The Labute approximate surface area is 148 Å². The molecule has 2 aromatic rings. The number of para-hydroxylation sites is 1. The Balaban J connectivity index is 1.58. The Bertz CT molecular complexity index is 850. The maximum Gasteiger partial charge on any atom is 0.242 e. The number of hydrogen-bond acceptors (Lipinski definition) is 3. The number of nitrogens with zero attached hydrogens (tertiary/aromatic N) is 1. The first kappa shape index (κ1) is 17.6. The Morgan fingerprint density at radius 1 is 1.12 bits per heavy atom. The van der Waals surface area contributed by atoms with E-state index < -0.39 is 10.0 Å². The van der Waals surface area contributed by atoms with Crippen LogP contribution in [0, 0.1) is 0 Å². The number of hydrogen-bond donors (Lipinski definition) is 1. The third-order valence-electron chi connectivity index (χ3n) is 4.42. The van der Waals surface area contributed by atoms with Crippen LogP contribution in [0.1, 0.15) is 18.1 Å². The molecule has 1 aliphatic rings. The van der Waals surface area contributed by atoms with Gasteiger partial charge in [-0.05, 0) is 37.0 Å². The fraction of sp³-hybridized carbons (Fsp3) is 0.316. The molecule has 5 nitrogen and oxygen atoms in total. The second kappa shape index (κ2) is 7.37. The summed E-state index contributed by atoms with van der Waals surface area (Å²) in [5.74, 6) is -0.253. The van der Waals surface area contributed by atoms with Crippen molar-refractivity contribution in [1.29, 1.82) is 0 Å². The molecule has 1 amide bonds. The molecule has 0 saturated carbocycles. The minimum atomic E-state index is -3.50. The molecular weight excluding hydrogens is 336 g/mol. The topological polar surface area (TPSA) is 66.5 Å². The molecule has 2 aromatic carbocycles. The number of benzene rings is 2. The van der Waals surface area contributed by atoms with Crippen LogP contribution in [0.2, 0.25) is 0 Å². The van der Waals surface area contributed by atoms with Gasteiger partial charge in [0.05, 0.1) is 12.3 Å². The van der Waals surface area contributed by atoms with Crippen LogP contribution >= 0.6 is 0 Å². The van der Waals surface area contributed by atoms with Crippen LogP contribution in [0.3, 0.4) is 0 Å². The lowest BCUT2D eigenvalue weighted by atomic mass is 10.1. The van der Waals surface area contributed by atoms with Crippen molar-refractivity contribution in [3.05, 3.63) is 65.7 Å². The number of rotatable bonds is 6. The van der Waals surface area contributed by atoms with Gasteiger partial charge in [0.2, 0.25) is 15.9 Å². The van der Waals surface area contributed by atoms with Gasteiger partial charge in [-0.25, -0.2) is 13.1 Å². The van der Waals surface area contributed by atoms with Gasteiger partial charge in [0.15, 0.2) is 0 Å². The standard InChI is InChI=1S/C19H22N2O3S/c1-15-13-17-9-5-6-10-18(17)21(15)19(22)14-20-25(23,24)12-11-16-7-3-2-4-8-16/h2-10,15,20H,11-14H2,1H3. The Kier molecular flexibility index (Phi) is 5.20. The predicted molar refractivity (Wildman–Crippen MR) is 99.0 cm³/mol. The fourth-order valence-electron chi connectivity index (χ4n) is 3.17. The highest BCUT2D eigenvalue weighted by Gasteiger charge is 2.30. The average Bonchev–Trinajstić information content (AvgIpc) is 2.95. The van der Waals surface area contributed by atoms with Crippen LogP contribution in [0.4, 0.5) is 5.69 Å². The van der Waals surface area contributed by atoms with E-state index in [9.17, 15) is 13.2 Å². The summed E-state index contributed by atoms with van der Waals surface area (Å²) >= 11 is 0. The van der Waals surface area contributed by atoms with Gasteiger partial charge >= 0.3 is 0 Å². The van der Waals surface area contributed by atoms with E-state index in [1.54, 1.807) is 4.90 Å². The van der Waals surface area contributed by atoms with Crippen molar-refractivity contribution in [3.63, 3.8) is 0 Å². The van der Waals surface area contributed by atoms with Crippen molar-refractivity contribution in [3.8, 4) is 0 Å². The molecule has 0 saturated heterocycles. The monoisotopic (exact) mass is 358 g/mol. The number of fused-ring (bicyclic) bond motifs is 1. The van der Waals surface area contributed by atoms with E-state index >= 15 is 0 Å². The molecular formula is C19H22N2O3S. The molecule has 1 unspecified atom stereocenters. The smallest absolute Gasteiger partial charge is 0.242 e. The van der Waals surface area contributed by atoms with Gasteiger partial charge in [-0.2, -0.15) is 0 Å². The molecule has 1 aliphatic heterocycles. The highest BCUT2D eigenvalue weighted by Crippen LogP contribution is 2.31. The summed E-state index contributed by atoms with van der Waals surface area (Å²) in [4.78, 5) is 14.2. The van der Waals surface area contributed by atoms with Crippen molar-refractivity contribution >= 4 is 21.6 Å². The van der Waals surface area contributed by atoms with E-state index in [4.69, 9.17) is 0 Å². The van der Waals surface area contributed by atoms with Gasteiger partial charge in [-0.15, -0.1) is 0 Å². The Hall–Kier alpha value is -2.18. The van der Waals surface area contributed by atoms with Crippen LogP contribution in [0.5, 0.6) is 0 Å². The highest BCUT2D eigenvalue weighted by molar-refractivity contribution is 7.89. The molecule has 6 heteroatoms. The third-order valence-corrected chi connectivity index (χ3v) is 5.75. The molecule has 0 bridgehead atoms. The Morgan fingerprint density at radius 2 is 1.80 bits per heavy atom. The lowest BCUT2D eigenvalue weighted by molar-refractivity contribution is -0.117. The number of anilines is 1. The van der Waals surface area contributed by atoms with Crippen LogP contribution in [-0.2, 0) is 27.7 Å². The maximum absolute atomic E-state index is 12.5. The fourth-order valence-corrected chi connectivity index (χ4v) is 4.16. The summed E-state index contributed by atoms with van der Waals surface area (Å²) in [7, 11) is -3.50. The molecule has 0 spiro atoms. The highest BCUT2D eigenvalue weighted by atomic mass is 32.2. The van der Waals surface area contributed by atoms with Crippen LogP contribution in [0.25, 0.3) is 0 Å². The molecule has 1 atom stereocenters. The molecule has 0 fully saturated rings.